The largest absolute Gasteiger partial charge is 0.309 e. The number of nitrogens with one attached hydrogen (secondary N) is 1. The van der Waals surface area contributed by atoms with Gasteiger partial charge in [0.1, 0.15) is 0 Å². The highest BCUT2D eigenvalue weighted by Crippen LogP contribution is 2.20. The quantitative estimate of drug-likeness (QED) is 0.788. The van der Waals surface area contributed by atoms with E-state index in [2.05, 4.69) is 42.9 Å². The van der Waals surface area contributed by atoms with Crippen LogP contribution in [-0.4, -0.2) is 60.6 Å². The molecule has 2 aliphatic heterocycles. The van der Waals surface area contributed by atoms with E-state index in [1.165, 1.54) is 38.9 Å². The van der Waals surface area contributed by atoms with Gasteiger partial charge in [0.2, 0.25) is 0 Å². The minimum absolute atomic E-state index is 0.278. The molecule has 0 aromatic heterocycles. The maximum absolute atomic E-state index is 3.63. The van der Waals surface area contributed by atoms with Crippen molar-refractivity contribution in [1.82, 2.24) is 15.1 Å². The first-order valence-electron chi connectivity index (χ1n) is 7.17. The Morgan fingerprint density at radius 3 is 2.76 bits per heavy atom. The van der Waals surface area contributed by atoms with Crippen LogP contribution in [0.3, 0.4) is 0 Å². The zero-order valence-corrected chi connectivity index (χ0v) is 12.0. The molecule has 2 aliphatic rings. The first-order chi connectivity index (χ1) is 7.98. The van der Waals surface area contributed by atoms with E-state index >= 15 is 0 Å². The molecule has 2 rings (SSSR count). The van der Waals surface area contributed by atoms with Crippen LogP contribution >= 0.6 is 0 Å². The van der Waals surface area contributed by atoms with Crippen LogP contribution in [0.25, 0.3) is 0 Å². The summed E-state index contributed by atoms with van der Waals surface area (Å²) >= 11 is 0. The molecule has 100 valence electrons. The standard InChI is InChI=1S/C14H29N3/c1-12-9-15-14(2,3)11-17(12)10-13-7-5-6-8-16(13)4/h12-13,15H,5-11H2,1-4H3. The van der Waals surface area contributed by atoms with E-state index in [4.69, 9.17) is 0 Å². The summed E-state index contributed by atoms with van der Waals surface area (Å²) in [5.41, 5.74) is 0.278. The number of hydrogen-bond acceptors (Lipinski definition) is 3. The van der Waals surface area contributed by atoms with Crippen molar-refractivity contribution in [3.05, 3.63) is 0 Å². The van der Waals surface area contributed by atoms with Crippen LogP contribution in [0.4, 0.5) is 0 Å². The topological polar surface area (TPSA) is 18.5 Å². The molecule has 2 saturated heterocycles. The minimum atomic E-state index is 0.278. The van der Waals surface area contributed by atoms with Crippen LogP contribution in [0.2, 0.25) is 0 Å². The maximum atomic E-state index is 3.63. The van der Waals surface area contributed by atoms with Crippen LogP contribution in [0, 0.1) is 0 Å². The third-order valence-electron chi connectivity index (χ3n) is 4.46. The molecule has 0 saturated carbocycles. The Labute approximate surface area is 107 Å². The number of likely N-dealkylation sites (tertiary alicyclic amines) is 1. The van der Waals surface area contributed by atoms with Crippen LogP contribution in [0.15, 0.2) is 0 Å². The first-order valence-corrected chi connectivity index (χ1v) is 7.17. The Bertz CT molecular complexity index is 252. The summed E-state index contributed by atoms with van der Waals surface area (Å²) in [7, 11) is 2.29. The van der Waals surface area contributed by atoms with Crippen molar-refractivity contribution >= 4 is 0 Å². The molecule has 2 atom stereocenters. The number of nitrogens with zero attached hydrogens (tertiary/aromatic N) is 2. The third kappa shape index (κ3) is 3.43. The Balaban J connectivity index is 1.91. The van der Waals surface area contributed by atoms with Crippen molar-refractivity contribution in [3.63, 3.8) is 0 Å². The average molecular weight is 239 g/mol. The summed E-state index contributed by atoms with van der Waals surface area (Å²) in [5.74, 6) is 0. The highest BCUT2D eigenvalue weighted by molar-refractivity contribution is 4.92. The molecular formula is C14H29N3. The van der Waals surface area contributed by atoms with Gasteiger partial charge in [0, 0.05) is 37.3 Å². The van der Waals surface area contributed by atoms with Gasteiger partial charge in [-0.05, 0) is 47.2 Å². The van der Waals surface area contributed by atoms with E-state index in [0.29, 0.717) is 6.04 Å². The summed E-state index contributed by atoms with van der Waals surface area (Å²) in [5, 5.41) is 3.63. The van der Waals surface area contributed by atoms with E-state index in [0.717, 1.165) is 12.6 Å². The van der Waals surface area contributed by atoms with Crippen LogP contribution in [0.1, 0.15) is 40.0 Å². The average Bonchev–Trinajstić information content (AvgIpc) is 2.26. The number of piperazine rings is 1. The highest BCUT2D eigenvalue weighted by atomic mass is 15.3. The lowest BCUT2D eigenvalue weighted by molar-refractivity contribution is 0.0596. The fraction of sp³-hybridized carbons (Fsp3) is 1.00. The Morgan fingerprint density at radius 2 is 2.06 bits per heavy atom. The fourth-order valence-corrected chi connectivity index (χ4v) is 3.16. The molecule has 3 nitrogen and oxygen atoms in total. The molecule has 0 aromatic carbocycles. The van der Waals surface area contributed by atoms with Crippen LogP contribution in [0.5, 0.6) is 0 Å². The fourth-order valence-electron chi connectivity index (χ4n) is 3.16. The molecular weight excluding hydrogens is 210 g/mol. The second-order valence-corrected chi connectivity index (χ2v) is 6.67. The van der Waals surface area contributed by atoms with Gasteiger partial charge in [-0.2, -0.15) is 0 Å². The van der Waals surface area contributed by atoms with Gasteiger partial charge in [0.05, 0.1) is 0 Å². The van der Waals surface area contributed by atoms with E-state index < -0.39 is 0 Å². The molecule has 2 fully saturated rings. The predicted octanol–water partition coefficient (Wildman–Crippen LogP) is 1.54. The number of piperidine rings is 1. The normalized spacial score (nSPS) is 36.0. The van der Waals surface area contributed by atoms with Crippen LogP contribution < -0.4 is 5.32 Å². The van der Waals surface area contributed by atoms with Gasteiger partial charge in [0.25, 0.3) is 0 Å². The number of rotatable bonds is 2. The smallest absolute Gasteiger partial charge is 0.0252 e. The molecule has 0 aromatic rings. The zero-order chi connectivity index (χ0) is 12.5. The number of hydrogen-bond donors (Lipinski definition) is 1. The van der Waals surface area contributed by atoms with Crippen molar-refractivity contribution in [2.45, 2.75) is 57.7 Å². The lowest BCUT2D eigenvalue weighted by Crippen LogP contribution is -2.62. The predicted molar refractivity (Wildman–Crippen MR) is 73.4 cm³/mol. The lowest BCUT2D eigenvalue weighted by atomic mass is 9.96. The molecule has 0 bridgehead atoms. The number of likely N-dealkylation sites (N-methyl/N-ethyl adjacent to an activating group) is 1. The third-order valence-corrected chi connectivity index (χ3v) is 4.46. The summed E-state index contributed by atoms with van der Waals surface area (Å²) in [6.45, 7) is 11.8. The van der Waals surface area contributed by atoms with Gasteiger partial charge in [-0.1, -0.05) is 6.42 Å². The molecule has 1 N–H and O–H groups in total. The van der Waals surface area contributed by atoms with Crippen molar-refractivity contribution in [3.8, 4) is 0 Å². The Morgan fingerprint density at radius 1 is 1.29 bits per heavy atom. The Hall–Kier alpha value is -0.120. The van der Waals surface area contributed by atoms with Gasteiger partial charge >= 0.3 is 0 Å². The molecule has 0 amide bonds. The van der Waals surface area contributed by atoms with E-state index in [1.54, 1.807) is 0 Å². The highest BCUT2D eigenvalue weighted by Gasteiger charge is 2.32. The van der Waals surface area contributed by atoms with Crippen molar-refractivity contribution < 1.29 is 0 Å². The van der Waals surface area contributed by atoms with Crippen LogP contribution in [-0.2, 0) is 0 Å². The Kier molecular flexibility index (Phi) is 4.11. The second kappa shape index (κ2) is 5.25. The molecule has 0 radical (unpaired) electrons. The molecule has 17 heavy (non-hydrogen) atoms. The van der Waals surface area contributed by atoms with Gasteiger partial charge in [0.15, 0.2) is 0 Å². The second-order valence-electron chi connectivity index (χ2n) is 6.67. The lowest BCUT2D eigenvalue weighted by Gasteiger charge is -2.46. The molecule has 2 heterocycles. The summed E-state index contributed by atoms with van der Waals surface area (Å²) in [6, 6.07) is 1.46. The minimum Gasteiger partial charge on any atom is -0.309 e. The first kappa shape index (κ1) is 13.3. The molecule has 2 unspecified atom stereocenters. The van der Waals surface area contributed by atoms with Crippen molar-refractivity contribution in [2.75, 3.05) is 33.2 Å². The van der Waals surface area contributed by atoms with E-state index in [9.17, 15) is 0 Å². The van der Waals surface area contributed by atoms with Gasteiger partial charge in [-0.15, -0.1) is 0 Å². The van der Waals surface area contributed by atoms with E-state index in [-0.39, 0.29) is 5.54 Å². The van der Waals surface area contributed by atoms with Crippen molar-refractivity contribution in [1.29, 1.82) is 0 Å². The summed E-state index contributed by atoms with van der Waals surface area (Å²) in [6.07, 6.45) is 4.18. The SMILES string of the molecule is CC1CNC(C)(C)CN1CC1CCCCN1C. The molecule has 3 heteroatoms. The molecule has 0 aliphatic carbocycles. The zero-order valence-electron chi connectivity index (χ0n) is 12.0. The molecule has 0 spiro atoms. The van der Waals surface area contributed by atoms with Gasteiger partial charge in [-0.25, -0.2) is 0 Å². The monoisotopic (exact) mass is 239 g/mol. The van der Waals surface area contributed by atoms with Gasteiger partial charge < -0.3 is 10.2 Å². The van der Waals surface area contributed by atoms with Crippen molar-refractivity contribution in [2.24, 2.45) is 0 Å². The summed E-state index contributed by atoms with van der Waals surface area (Å²) < 4.78 is 0. The van der Waals surface area contributed by atoms with Gasteiger partial charge in [-0.3, -0.25) is 4.90 Å². The summed E-state index contributed by atoms with van der Waals surface area (Å²) in [4.78, 5) is 5.24. The van der Waals surface area contributed by atoms with E-state index in [1.807, 2.05) is 0 Å². The maximum Gasteiger partial charge on any atom is 0.0252 e.